The van der Waals surface area contributed by atoms with Crippen LogP contribution in [0.25, 0.3) is 0 Å². The lowest BCUT2D eigenvalue weighted by molar-refractivity contribution is 0.198. The summed E-state index contributed by atoms with van der Waals surface area (Å²) in [5.41, 5.74) is 0. The number of rotatable bonds is 10. The van der Waals surface area contributed by atoms with E-state index < -0.39 is 0 Å². The third-order valence-corrected chi connectivity index (χ3v) is 3.65. The van der Waals surface area contributed by atoms with Crippen molar-refractivity contribution in [2.45, 2.75) is 51.6 Å². The van der Waals surface area contributed by atoms with E-state index in [-0.39, 0.29) is 0 Å². The first-order valence-electron chi connectivity index (χ1n) is 7.25. The standard InChI is InChI=1S/C14H31N3/c1-5-17(12-6-11-16(3)4)13(2)9-10-15-14-7-8-14/h13-15H,5-12H2,1-4H3. The number of hydrogen-bond donors (Lipinski definition) is 1. The molecule has 3 nitrogen and oxygen atoms in total. The molecule has 1 rings (SSSR count). The largest absolute Gasteiger partial charge is 0.314 e. The first-order chi connectivity index (χ1) is 8.13. The van der Waals surface area contributed by atoms with Gasteiger partial charge in [-0.05, 0) is 72.9 Å². The summed E-state index contributed by atoms with van der Waals surface area (Å²) in [5, 5.41) is 3.61. The molecule has 1 aliphatic carbocycles. The Balaban J connectivity index is 2.08. The smallest absolute Gasteiger partial charge is 0.00789 e. The van der Waals surface area contributed by atoms with Gasteiger partial charge in [0.1, 0.15) is 0 Å². The zero-order valence-corrected chi connectivity index (χ0v) is 12.2. The van der Waals surface area contributed by atoms with E-state index in [4.69, 9.17) is 0 Å². The molecule has 1 saturated carbocycles. The molecule has 0 aliphatic heterocycles. The first kappa shape index (κ1) is 14.9. The van der Waals surface area contributed by atoms with E-state index in [2.05, 4.69) is 43.1 Å². The van der Waals surface area contributed by atoms with Crippen molar-refractivity contribution >= 4 is 0 Å². The summed E-state index contributed by atoms with van der Waals surface area (Å²) in [6.45, 7) is 9.45. The highest BCUT2D eigenvalue weighted by Gasteiger charge is 2.20. The van der Waals surface area contributed by atoms with Gasteiger partial charge < -0.3 is 15.1 Å². The van der Waals surface area contributed by atoms with Gasteiger partial charge in [0.25, 0.3) is 0 Å². The predicted molar refractivity (Wildman–Crippen MR) is 75.5 cm³/mol. The molecule has 0 spiro atoms. The van der Waals surface area contributed by atoms with Crippen molar-refractivity contribution in [1.82, 2.24) is 15.1 Å². The highest BCUT2D eigenvalue weighted by molar-refractivity contribution is 4.81. The molecular weight excluding hydrogens is 210 g/mol. The van der Waals surface area contributed by atoms with Crippen molar-refractivity contribution in [3.63, 3.8) is 0 Å². The maximum atomic E-state index is 3.61. The minimum atomic E-state index is 0.716. The topological polar surface area (TPSA) is 18.5 Å². The molecule has 0 heterocycles. The quantitative estimate of drug-likeness (QED) is 0.629. The number of nitrogens with zero attached hydrogens (tertiary/aromatic N) is 2. The van der Waals surface area contributed by atoms with Crippen LogP contribution in [-0.2, 0) is 0 Å². The van der Waals surface area contributed by atoms with Gasteiger partial charge in [-0.3, -0.25) is 0 Å². The Bertz CT molecular complexity index is 190. The summed E-state index contributed by atoms with van der Waals surface area (Å²) in [6.07, 6.45) is 5.36. The molecular formula is C14H31N3. The van der Waals surface area contributed by atoms with Crippen LogP contribution in [0, 0.1) is 0 Å². The van der Waals surface area contributed by atoms with Crippen LogP contribution >= 0.6 is 0 Å². The predicted octanol–water partition coefficient (Wildman–Crippen LogP) is 1.79. The van der Waals surface area contributed by atoms with Gasteiger partial charge in [0.2, 0.25) is 0 Å². The monoisotopic (exact) mass is 241 g/mol. The summed E-state index contributed by atoms with van der Waals surface area (Å²) < 4.78 is 0. The van der Waals surface area contributed by atoms with Gasteiger partial charge >= 0.3 is 0 Å². The van der Waals surface area contributed by atoms with E-state index in [1.807, 2.05) is 0 Å². The number of nitrogens with one attached hydrogen (secondary N) is 1. The highest BCUT2D eigenvalue weighted by Crippen LogP contribution is 2.18. The average molecular weight is 241 g/mol. The fourth-order valence-electron chi connectivity index (χ4n) is 2.25. The molecule has 0 bridgehead atoms. The molecule has 0 radical (unpaired) electrons. The molecule has 1 atom stereocenters. The molecule has 1 unspecified atom stereocenters. The molecule has 3 heteroatoms. The molecule has 1 aliphatic rings. The van der Waals surface area contributed by atoms with Crippen LogP contribution in [0.15, 0.2) is 0 Å². The minimum absolute atomic E-state index is 0.716. The molecule has 0 saturated heterocycles. The van der Waals surface area contributed by atoms with Crippen LogP contribution in [0.3, 0.4) is 0 Å². The van der Waals surface area contributed by atoms with Crippen LogP contribution in [0.2, 0.25) is 0 Å². The molecule has 1 fully saturated rings. The van der Waals surface area contributed by atoms with Gasteiger partial charge in [-0.25, -0.2) is 0 Å². The first-order valence-corrected chi connectivity index (χ1v) is 7.25. The minimum Gasteiger partial charge on any atom is -0.314 e. The second-order valence-electron chi connectivity index (χ2n) is 5.65. The van der Waals surface area contributed by atoms with E-state index in [0.717, 1.165) is 6.04 Å². The second-order valence-corrected chi connectivity index (χ2v) is 5.65. The lowest BCUT2D eigenvalue weighted by atomic mass is 10.2. The average Bonchev–Trinajstić information content (AvgIpc) is 3.07. The Morgan fingerprint density at radius 3 is 2.47 bits per heavy atom. The SMILES string of the molecule is CCN(CCCN(C)C)C(C)CCNC1CC1. The van der Waals surface area contributed by atoms with E-state index in [1.165, 1.54) is 51.9 Å². The van der Waals surface area contributed by atoms with Crippen molar-refractivity contribution < 1.29 is 0 Å². The Morgan fingerprint density at radius 1 is 1.24 bits per heavy atom. The summed E-state index contributed by atoms with van der Waals surface area (Å²) >= 11 is 0. The lowest BCUT2D eigenvalue weighted by Gasteiger charge is -2.28. The van der Waals surface area contributed by atoms with Gasteiger partial charge in [-0.15, -0.1) is 0 Å². The van der Waals surface area contributed by atoms with Crippen LogP contribution in [-0.4, -0.2) is 62.2 Å². The van der Waals surface area contributed by atoms with Gasteiger partial charge in [0.05, 0.1) is 0 Å². The third-order valence-electron chi connectivity index (χ3n) is 3.65. The maximum Gasteiger partial charge on any atom is 0.00789 e. The Labute approximate surface area is 108 Å². The van der Waals surface area contributed by atoms with E-state index in [9.17, 15) is 0 Å². The summed E-state index contributed by atoms with van der Waals surface area (Å²) in [5.74, 6) is 0. The van der Waals surface area contributed by atoms with Crippen molar-refractivity contribution in [2.75, 3.05) is 40.3 Å². The zero-order valence-electron chi connectivity index (χ0n) is 12.2. The van der Waals surface area contributed by atoms with E-state index >= 15 is 0 Å². The molecule has 102 valence electrons. The molecule has 0 aromatic carbocycles. The molecule has 1 N–H and O–H groups in total. The van der Waals surface area contributed by atoms with Gasteiger partial charge in [0.15, 0.2) is 0 Å². The van der Waals surface area contributed by atoms with Crippen molar-refractivity contribution in [3.8, 4) is 0 Å². The Hall–Kier alpha value is -0.120. The summed E-state index contributed by atoms with van der Waals surface area (Å²) in [4.78, 5) is 4.88. The van der Waals surface area contributed by atoms with Crippen LogP contribution in [0.1, 0.15) is 39.5 Å². The van der Waals surface area contributed by atoms with Crippen LogP contribution < -0.4 is 5.32 Å². The zero-order chi connectivity index (χ0) is 12.7. The summed E-state index contributed by atoms with van der Waals surface area (Å²) in [6, 6.07) is 1.57. The van der Waals surface area contributed by atoms with E-state index in [1.54, 1.807) is 0 Å². The molecule has 0 aromatic heterocycles. The van der Waals surface area contributed by atoms with Gasteiger partial charge in [-0.1, -0.05) is 6.92 Å². The second kappa shape index (κ2) is 8.06. The normalized spacial score (nSPS) is 18.0. The Kier molecular flexibility index (Phi) is 7.09. The maximum absolute atomic E-state index is 3.61. The van der Waals surface area contributed by atoms with Crippen LogP contribution in [0.4, 0.5) is 0 Å². The highest BCUT2D eigenvalue weighted by atomic mass is 15.2. The Morgan fingerprint density at radius 2 is 1.94 bits per heavy atom. The van der Waals surface area contributed by atoms with E-state index in [0.29, 0.717) is 6.04 Å². The third kappa shape index (κ3) is 7.02. The molecule has 0 aromatic rings. The fourth-order valence-corrected chi connectivity index (χ4v) is 2.25. The molecule has 17 heavy (non-hydrogen) atoms. The van der Waals surface area contributed by atoms with Gasteiger partial charge in [0, 0.05) is 12.1 Å². The van der Waals surface area contributed by atoms with Crippen LogP contribution in [0.5, 0.6) is 0 Å². The lowest BCUT2D eigenvalue weighted by Crippen LogP contribution is -2.37. The molecule has 0 amide bonds. The van der Waals surface area contributed by atoms with Crippen molar-refractivity contribution in [3.05, 3.63) is 0 Å². The van der Waals surface area contributed by atoms with Crippen molar-refractivity contribution in [1.29, 1.82) is 0 Å². The van der Waals surface area contributed by atoms with Gasteiger partial charge in [-0.2, -0.15) is 0 Å². The van der Waals surface area contributed by atoms with Crippen molar-refractivity contribution in [2.24, 2.45) is 0 Å². The summed E-state index contributed by atoms with van der Waals surface area (Å²) in [7, 11) is 4.30. The fraction of sp³-hybridized carbons (Fsp3) is 1.00. The number of hydrogen-bond acceptors (Lipinski definition) is 3.